The lowest BCUT2D eigenvalue weighted by molar-refractivity contribution is -0.0453. The van der Waals surface area contributed by atoms with Crippen LogP contribution >= 0.6 is 11.6 Å². The SMILES string of the molecule is CCN(CC(C1=CC=C(OCc2ccccc2)C(Cl)C=C1)C1(O)CCCCC1)C[C@@H](C)N. The van der Waals surface area contributed by atoms with Crippen molar-refractivity contribution >= 4 is 11.6 Å². The lowest BCUT2D eigenvalue weighted by Gasteiger charge is -2.42. The molecule has 5 heteroatoms. The van der Waals surface area contributed by atoms with Crippen molar-refractivity contribution in [3.63, 3.8) is 0 Å². The van der Waals surface area contributed by atoms with E-state index in [2.05, 4.69) is 24.0 Å². The number of likely N-dealkylation sites (N-methyl/N-ethyl adjacent to an activating group) is 1. The zero-order valence-corrected chi connectivity index (χ0v) is 20.3. The Morgan fingerprint density at radius 1 is 1.16 bits per heavy atom. The van der Waals surface area contributed by atoms with E-state index in [-0.39, 0.29) is 17.3 Å². The van der Waals surface area contributed by atoms with Gasteiger partial charge in [0, 0.05) is 25.0 Å². The molecule has 0 heterocycles. The molecule has 0 aromatic heterocycles. The second kappa shape index (κ2) is 12.0. The van der Waals surface area contributed by atoms with E-state index in [1.807, 2.05) is 49.4 Å². The van der Waals surface area contributed by atoms with Crippen LogP contribution in [0.25, 0.3) is 0 Å². The highest BCUT2D eigenvalue weighted by Crippen LogP contribution is 2.39. The zero-order chi connectivity index (χ0) is 23.0. The Balaban J connectivity index is 1.83. The molecule has 4 nitrogen and oxygen atoms in total. The van der Waals surface area contributed by atoms with Gasteiger partial charge in [0.25, 0.3) is 0 Å². The first-order valence-electron chi connectivity index (χ1n) is 12.0. The van der Waals surface area contributed by atoms with Gasteiger partial charge in [-0.3, -0.25) is 0 Å². The topological polar surface area (TPSA) is 58.7 Å². The van der Waals surface area contributed by atoms with Crippen molar-refractivity contribution in [2.24, 2.45) is 11.7 Å². The van der Waals surface area contributed by atoms with Crippen molar-refractivity contribution in [2.45, 2.75) is 69.6 Å². The molecule has 1 saturated carbocycles. The number of nitrogens with zero attached hydrogens (tertiary/aromatic N) is 1. The molecule has 32 heavy (non-hydrogen) atoms. The van der Waals surface area contributed by atoms with E-state index in [1.54, 1.807) is 0 Å². The molecule has 3 rings (SSSR count). The Morgan fingerprint density at radius 2 is 1.88 bits per heavy atom. The van der Waals surface area contributed by atoms with Crippen LogP contribution in [0, 0.1) is 5.92 Å². The average molecular weight is 459 g/mol. The Kier molecular flexibility index (Phi) is 9.42. The quantitative estimate of drug-likeness (QED) is 0.475. The first-order chi connectivity index (χ1) is 15.4. The summed E-state index contributed by atoms with van der Waals surface area (Å²) in [5.74, 6) is 0.741. The Morgan fingerprint density at radius 3 is 2.53 bits per heavy atom. The molecule has 1 aromatic carbocycles. The Bertz CT molecular complexity index is 797. The third-order valence-corrected chi connectivity index (χ3v) is 6.98. The molecule has 0 bridgehead atoms. The van der Waals surface area contributed by atoms with E-state index in [9.17, 15) is 5.11 Å². The number of aliphatic hydroxyl groups is 1. The number of rotatable bonds is 10. The van der Waals surface area contributed by atoms with Crippen LogP contribution in [0.2, 0.25) is 0 Å². The molecule has 0 radical (unpaired) electrons. The highest BCUT2D eigenvalue weighted by molar-refractivity contribution is 6.23. The molecule has 0 aliphatic heterocycles. The van der Waals surface area contributed by atoms with E-state index in [0.717, 1.165) is 62.2 Å². The predicted molar refractivity (Wildman–Crippen MR) is 133 cm³/mol. The summed E-state index contributed by atoms with van der Waals surface area (Å²) < 4.78 is 6.06. The monoisotopic (exact) mass is 458 g/mol. The summed E-state index contributed by atoms with van der Waals surface area (Å²) in [5.41, 5.74) is 7.62. The molecular formula is C27H39ClN2O2. The van der Waals surface area contributed by atoms with Crippen molar-refractivity contribution in [1.82, 2.24) is 4.90 Å². The number of ether oxygens (including phenoxy) is 1. The maximum atomic E-state index is 11.7. The summed E-state index contributed by atoms with van der Waals surface area (Å²) >= 11 is 6.64. The lowest BCUT2D eigenvalue weighted by Crippen LogP contribution is -2.48. The van der Waals surface area contributed by atoms with Gasteiger partial charge in [0.15, 0.2) is 0 Å². The van der Waals surface area contributed by atoms with E-state index in [4.69, 9.17) is 22.1 Å². The fourth-order valence-corrected chi connectivity index (χ4v) is 5.02. The Labute approximate surface area is 198 Å². The van der Waals surface area contributed by atoms with E-state index in [0.29, 0.717) is 6.61 Å². The van der Waals surface area contributed by atoms with Gasteiger partial charge < -0.3 is 20.5 Å². The highest BCUT2D eigenvalue weighted by Gasteiger charge is 2.40. The molecule has 2 aliphatic rings. The number of hydrogen-bond donors (Lipinski definition) is 2. The minimum Gasteiger partial charge on any atom is -0.491 e. The van der Waals surface area contributed by atoms with Gasteiger partial charge in [-0.05, 0) is 43.5 Å². The van der Waals surface area contributed by atoms with Gasteiger partial charge in [0.2, 0.25) is 0 Å². The van der Waals surface area contributed by atoms with Crippen LogP contribution in [0.5, 0.6) is 0 Å². The van der Waals surface area contributed by atoms with Crippen LogP contribution < -0.4 is 5.73 Å². The first kappa shape index (κ1) is 25.0. The van der Waals surface area contributed by atoms with Gasteiger partial charge in [0.05, 0.1) is 5.60 Å². The van der Waals surface area contributed by atoms with Gasteiger partial charge in [0.1, 0.15) is 17.7 Å². The lowest BCUT2D eigenvalue weighted by atomic mass is 9.72. The van der Waals surface area contributed by atoms with Crippen LogP contribution in [-0.2, 0) is 11.3 Å². The number of hydrogen-bond acceptors (Lipinski definition) is 4. The van der Waals surface area contributed by atoms with Gasteiger partial charge in [-0.25, -0.2) is 0 Å². The minimum atomic E-state index is -0.704. The number of nitrogens with two attached hydrogens (primary N) is 1. The summed E-state index contributed by atoms with van der Waals surface area (Å²) in [7, 11) is 0. The third kappa shape index (κ3) is 6.95. The molecule has 2 aliphatic carbocycles. The standard InChI is InChI=1S/C27H39ClN2O2/c1-3-30(18-21(2)29)19-24(27(31)16-8-5-9-17-27)23-12-14-25(28)26(15-13-23)32-20-22-10-6-4-7-11-22/h4,6-7,10-15,21,24-25,31H,3,5,8-9,16-20,29H2,1-2H3/t21-,24?,25?/m1/s1. The van der Waals surface area contributed by atoms with Crippen LogP contribution in [0.3, 0.4) is 0 Å². The summed E-state index contributed by atoms with van der Waals surface area (Å²) in [6.07, 6.45) is 13.2. The van der Waals surface area contributed by atoms with Gasteiger partial charge in [-0.2, -0.15) is 0 Å². The second-order valence-electron chi connectivity index (χ2n) is 9.32. The molecule has 2 unspecified atom stereocenters. The zero-order valence-electron chi connectivity index (χ0n) is 19.6. The van der Waals surface area contributed by atoms with Crippen molar-refractivity contribution < 1.29 is 9.84 Å². The molecule has 3 atom stereocenters. The van der Waals surface area contributed by atoms with E-state index in [1.165, 1.54) is 6.42 Å². The largest absolute Gasteiger partial charge is 0.491 e. The Hall–Kier alpha value is -1.59. The maximum Gasteiger partial charge on any atom is 0.118 e. The summed E-state index contributed by atoms with van der Waals surface area (Å²) in [5, 5.41) is 11.4. The van der Waals surface area contributed by atoms with Gasteiger partial charge in [-0.1, -0.05) is 74.7 Å². The maximum absolute atomic E-state index is 11.7. The molecule has 0 spiro atoms. The molecule has 1 fully saturated rings. The number of benzene rings is 1. The van der Waals surface area contributed by atoms with Crippen LogP contribution in [-0.4, -0.2) is 46.7 Å². The number of alkyl halides is 1. The van der Waals surface area contributed by atoms with Crippen LogP contribution in [0.4, 0.5) is 0 Å². The molecule has 1 aromatic rings. The minimum absolute atomic E-state index is 0.00587. The third-order valence-electron chi connectivity index (χ3n) is 6.62. The number of allylic oxidation sites excluding steroid dienone is 4. The molecule has 3 N–H and O–H groups in total. The summed E-state index contributed by atoms with van der Waals surface area (Å²) in [4.78, 5) is 2.36. The fourth-order valence-electron chi connectivity index (χ4n) is 4.81. The summed E-state index contributed by atoms with van der Waals surface area (Å²) in [6.45, 7) is 7.19. The van der Waals surface area contributed by atoms with Crippen LogP contribution in [0.1, 0.15) is 51.5 Å². The smallest absolute Gasteiger partial charge is 0.118 e. The molecular weight excluding hydrogens is 420 g/mol. The molecule has 0 saturated heterocycles. The van der Waals surface area contributed by atoms with Gasteiger partial charge >= 0.3 is 0 Å². The second-order valence-corrected chi connectivity index (χ2v) is 9.79. The molecule has 0 amide bonds. The summed E-state index contributed by atoms with van der Waals surface area (Å²) in [6, 6.07) is 10.2. The number of halogens is 1. The van der Waals surface area contributed by atoms with Crippen molar-refractivity contribution in [3.8, 4) is 0 Å². The predicted octanol–water partition coefficient (Wildman–Crippen LogP) is 5.17. The highest BCUT2D eigenvalue weighted by atomic mass is 35.5. The van der Waals surface area contributed by atoms with Gasteiger partial charge in [-0.15, -0.1) is 11.6 Å². The van der Waals surface area contributed by atoms with E-state index < -0.39 is 5.60 Å². The van der Waals surface area contributed by atoms with Crippen molar-refractivity contribution in [1.29, 1.82) is 0 Å². The fraction of sp³-hybridized carbons (Fsp3) is 0.556. The first-order valence-corrected chi connectivity index (χ1v) is 12.5. The van der Waals surface area contributed by atoms with E-state index >= 15 is 0 Å². The molecule has 176 valence electrons. The average Bonchev–Trinajstić information content (AvgIpc) is 2.97. The van der Waals surface area contributed by atoms with Crippen LogP contribution in [0.15, 0.2) is 66.0 Å². The normalized spacial score (nSPS) is 22.6. The van der Waals surface area contributed by atoms with Crippen molar-refractivity contribution in [3.05, 3.63) is 71.5 Å². The van der Waals surface area contributed by atoms with Crippen molar-refractivity contribution in [2.75, 3.05) is 19.6 Å².